The highest BCUT2D eigenvalue weighted by Gasteiger charge is 2.39. The third kappa shape index (κ3) is 3.64. The number of nitrogens with one attached hydrogen (secondary N) is 1. The van der Waals surface area contributed by atoms with Gasteiger partial charge in [-0.05, 0) is 50.6 Å². The Morgan fingerprint density at radius 1 is 1.11 bits per heavy atom. The lowest BCUT2D eigenvalue weighted by Crippen LogP contribution is -2.32. The largest absolute Gasteiger partial charge is 0.462 e. The molecule has 2 aromatic carbocycles. The first kappa shape index (κ1) is 19.6. The monoisotopic (exact) mass is 398 g/mol. The minimum absolute atomic E-state index is 0.000146. The zero-order valence-corrected chi connectivity index (χ0v) is 16.5. The standard InChI is InChI=1S/C21H19ClN2O4/c1-4-28-21(27)14-6-5-7-15(11-14)24-19(25)17(22)18(20(24)26)23-16-9-8-12(2)10-13(16)3/h5-11,23H,4H2,1-3H3. The van der Waals surface area contributed by atoms with Crippen molar-refractivity contribution in [1.29, 1.82) is 0 Å². The van der Waals surface area contributed by atoms with E-state index in [1.807, 2.05) is 32.0 Å². The predicted octanol–water partition coefficient (Wildman–Crippen LogP) is 3.92. The van der Waals surface area contributed by atoms with Crippen molar-refractivity contribution in [3.63, 3.8) is 0 Å². The lowest BCUT2D eigenvalue weighted by atomic mass is 10.1. The fourth-order valence-corrected chi connectivity index (χ4v) is 3.13. The molecule has 0 bridgehead atoms. The van der Waals surface area contributed by atoms with Crippen LogP contribution in [0.4, 0.5) is 11.4 Å². The van der Waals surface area contributed by atoms with Crippen LogP contribution in [0.25, 0.3) is 0 Å². The molecule has 0 aromatic heterocycles. The van der Waals surface area contributed by atoms with Crippen LogP contribution in [0.15, 0.2) is 53.2 Å². The van der Waals surface area contributed by atoms with Crippen molar-refractivity contribution < 1.29 is 19.1 Å². The summed E-state index contributed by atoms with van der Waals surface area (Å²) in [5.74, 6) is -1.77. The van der Waals surface area contributed by atoms with E-state index in [0.717, 1.165) is 16.0 Å². The first-order valence-corrected chi connectivity index (χ1v) is 9.11. The van der Waals surface area contributed by atoms with E-state index in [0.29, 0.717) is 5.69 Å². The van der Waals surface area contributed by atoms with Crippen LogP contribution in [0.1, 0.15) is 28.4 Å². The molecular formula is C21H19ClN2O4. The molecule has 0 unspecified atom stereocenters. The van der Waals surface area contributed by atoms with Crippen molar-refractivity contribution in [2.24, 2.45) is 0 Å². The predicted molar refractivity (Wildman–Crippen MR) is 107 cm³/mol. The van der Waals surface area contributed by atoms with Gasteiger partial charge in [-0.1, -0.05) is 35.4 Å². The molecule has 3 rings (SSSR count). The van der Waals surface area contributed by atoms with Crippen LogP contribution >= 0.6 is 11.6 Å². The second-order valence-electron chi connectivity index (χ2n) is 6.35. The zero-order chi connectivity index (χ0) is 20.4. The number of rotatable bonds is 5. The van der Waals surface area contributed by atoms with E-state index in [-0.39, 0.29) is 28.6 Å². The maximum absolute atomic E-state index is 12.9. The van der Waals surface area contributed by atoms with Gasteiger partial charge in [0.2, 0.25) is 0 Å². The van der Waals surface area contributed by atoms with Gasteiger partial charge >= 0.3 is 5.97 Å². The van der Waals surface area contributed by atoms with Gasteiger partial charge in [-0.3, -0.25) is 9.59 Å². The summed E-state index contributed by atoms with van der Waals surface area (Å²) in [5.41, 5.74) is 3.17. The van der Waals surface area contributed by atoms with E-state index in [1.54, 1.807) is 25.1 Å². The van der Waals surface area contributed by atoms with Gasteiger partial charge in [-0.2, -0.15) is 0 Å². The first-order valence-electron chi connectivity index (χ1n) is 8.73. The van der Waals surface area contributed by atoms with Gasteiger partial charge in [-0.25, -0.2) is 9.69 Å². The fraction of sp³-hybridized carbons (Fsp3) is 0.190. The Morgan fingerprint density at radius 3 is 2.54 bits per heavy atom. The molecular weight excluding hydrogens is 380 g/mol. The number of amides is 2. The molecule has 144 valence electrons. The molecule has 0 saturated heterocycles. The number of anilines is 2. The summed E-state index contributed by atoms with van der Waals surface area (Å²) < 4.78 is 4.97. The van der Waals surface area contributed by atoms with E-state index < -0.39 is 17.8 Å². The molecule has 1 heterocycles. The second-order valence-corrected chi connectivity index (χ2v) is 6.73. The molecule has 1 aliphatic heterocycles. The lowest BCUT2D eigenvalue weighted by Gasteiger charge is -2.16. The molecule has 0 aliphatic carbocycles. The molecule has 0 atom stereocenters. The Labute approximate surface area is 167 Å². The molecule has 1 N–H and O–H groups in total. The summed E-state index contributed by atoms with van der Waals surface area (Å²) in [6.45, 7) is 5.78. The fourth-order valence-electron chi connectivity index (χ4n) is 2.92. The van der Waals surface area contributed by atoms with Crippen LogP contribution in [0.2, 0.25) is 0 Å². The van der Waals surface area contributed by atoms with Gasteiger partial charge in [0.15, 0.2) is 0 Å². The van der Waals surface area contributed by atoms with Crippen molar-refractivity contribution in [2.45, 2.75) is 20.8 Å². The summed E-state index contributed by atoms with van der Waals surface area (Å²) in [5, 5.41) is 2.77. The highest BCUT2D eigenvalue weighted by molar-refractivity contribution is 6.53. The molecule has 0 radical (unpaired) electrons. The Hall–Kier alpha value is -3.12. The summed E-state index contributed by atoms with van der Waals surface area (Å²) in [4.78, 5) is 38.4. The Kier molecular flexibility index (Phi) is 5.51. The van der Waals surface area contributed by atoms with Crippen molar-refractivity contribution in [1.82, 2.24) is 0 Å². The van der Waals surface area contributed by atoms with E-state index in [2.05, 4.69) is 5.32 Å². The lowest BCUT2D eigenvalue weighted by molar-refractivity contribution is -0.120. The maximum Gasteiger partial charge on any atom is 0.338 e. The second kappa shape index (κ2) is 7.86. The summed E-state index contributed by atoms with van der Waals surface area (Å²) in [7, 11) is 0. The molecule has 0 saturated carbocycles. The van der Waals surface area contributed by atoms with Crippen molar-refractivity contribution >= 4 is 40.8 Å². The van der Waals surface area contributed by atoms with Crippen LogP contribution in [0, 0.1) is 13.8 Å². The molecule has 0 spiro atoms. The minimum Gasteiger partial charge on any atom is -0.462 e. The number of carbonyl (C=O) groups is 3. The minimum atomic E-state index is -0.653. The number of hydrogen-bond acceptors (Lipinski definition) is 5. The first-order chi connectivity index (χ1) is 13.3. The molecule has 28 heavy (non-hydrogen) atoms. The molecule has 6 nitrogen and oxygen atoms in total. The summed E-state index contributed by atoms with van der Waals surface area (Å²) in [6, 6.07) is 11.8. The summed E-state index contributed by atoms with van der Waals surface area (Å²) in [6.07, 6.45) is 0. The Morgan fingerprint density at radius 2 is 1.86 bits per heavy atom. The Bertz CT molecular complexity index is 1010. The number of aryl methyl sites for hydroxylation is 2. The van der Waals surface area contributed by atoms with Crippen LogP contribution < -0.4 is 10.2 Å². The van der Waals surface area contributed by atoms with Gasteiger partial charge < -0.3 is 10.1 Å². The number of nitrogens with zero attached hydrogens (tertiary/aromatic N) is 1. The quantitative estimate of drug-likeness (QED) is 0.610. The van der Waals surface area contributed by atoms with Crippen molar-refractivity contribution in [3.8, 4) is 0 Å². The number of benzene rings is 2. The van der Waals surface area contributed by atoms with E-state index in [1.165, 1.54) is 6.07 Å². The average Bonchev–Trinajstić information content (AvgIpc) is 2.87. The number of carbonyl (C=O) groups excluding carboxylic acids is 3. The van der Waals surface area contributed by atoms with Gasteiger partial charge in [-0.15, -0.1) is 0 Å². The van der Waals surface area contributed by atoms with Gasteiger partial charge in [0, 0.05) is 5.69 Å². The number of halogens is 1. The third-order valence-corrected chi connectivity index (χ3v) is 4.64. The van der Waals surface area contributed by atoms with E-state index >= 15 is 0 Å². The zero-order valence-electron chi connectivity index (χ0n) is 15.7. The van der Waals surface area contributed by atoms with E-state index in [4.69, 9.17) is 16.3 Å². The number of esters is 1. The van der Waals surface area contributed by atoms with Gasteiger partial charge in [0.25, 0.3) is 11.8 Å². The number of ether oxygens (including phenoxy) is 1. The van der Waals surface area contributed by atoms with Crippen molar-refractivity contribution in [2.75, 3.05) is 16.8 Å². The van der Waals surface area contributed by atoms with Crippen LogP contribution in [-0.4, -0.2) is 24.4 Å². The Balaban J connectivity index is 1.91. The highest BCUT2D eigenvalue weighted by Crippen LogP contribution is 2.31. The number of hydrogen-bond donors (Lipinski definition) is 1. The third-order valence-electron chi connectivity index (χ3n) is 4.28. The highest BCUT2D eigenvalue weighted by atomic mass is 35.5. The summed E-state index contributed by atoms with van der Waals surface area (Å²) >= 11 is 6.17. The van der Waals surface area contributed by atoms with Crippen LogP contribution in [0.5, 0.6) is 0 Å². The molecule has 1 aliphatic rings. The van der Waals surface area contributed by atoms with E-state index in [9.17, 15) is 14.4 Å². The molecule has 7 heteroatoms. The van der Waals surface area contributed by atoms with Crippen LogP contribution in [0.3, 0.4) is 0 Å². The normalized spacial score (nSPS) is 13.9. The van der Waals surface area contributed by atoms with Crippen LogP contribution in [-0.2, 0) is 14.3 Å². The van der Waals surface area contributed by atoms with Crippen molar-refractivity contribution in [3.05, 3.63) is 69.9 Å². The topological polar surface area (TPSA) is 75.7 Å². The maximum atomic E-state index is 12.9. The smallest absolute Gasteiger partial charge is 0.338 e. The molecule has 2 aromatic rings. The van der Waals surface area contributed by atoms with Gasteiger partial charge in [0.1, 0.15) is 10.7 Å². The number of imide groups is 1. The average molecular weight is 399 g/mol. The molecule has 2 amide bonds. The van der Waals surface area contributed by atoms with Gasteiger partial charge in [0.05, 0.1) is 17.9 Å². The molecule has 0 fully saturated rings. The SMILES string of the molecule is CCOC(=O)c1cccc(N2C(=O)C(Cl)=C(Nc3ccc(C)cc3C)C2=O)c1.